The Hall–Kier alpha value is -2.71. The molecule has 1 aliphatic rings. The Labute approximate surface area is 189 Å². The highest BCUT2D eigenvalue weighted by molar-refractivity contribution is 6.31. The van der Waals surface area contributed by atoms with E-state index in [1.165, 1.54) is 5.01 Å². The highest BCUT2D eigenvalue weighted by Gasteiger charge is 2.28. The number of H-pyrrole nitrogens is 1. The summed E-state index contributed by atoms with van der Waals surface area (Å²) in [6.45, 7) is 13.9. The van der Waals surface area contributed by atoms with Gasteiger partial charge in [-0.3, -0.25) is 0 Å². The number of hydrazone groups is 1. The smallest absolute Gasteiger partial charge is 0.237 e. The summed E-state index contributed by atoms with van der Waals surface area (Å²) in [5.74, 6) is 14.1. The third kappa shape index (κ3) is 5.14. The molecule has 9 heteroatoms. The van der Waals surface area contributed by atoms with Gasteiger partial charge in [0.15, 0.2) is 0 Å². The van der Waals surface area contributed by atoms with Gasteiger partial charge in [0.2, 0.25) is 11.9 Å². The molecule has 0 amide bonds. The van der Waals surface area contributed by atoms with E-state index in [0.29, 0.717) is 22.8 Å². The molecule has 31 heavy (non-hydrogen) atoms. The molecule has 8 nitrogen and oxygen atoms in total. The SMILES string of the molecule is C=C(Nc1nc(C2CCN(/C(=N/N)N(N)c3cc(Cl)ccc3C)CC2)c(C)[nH]1)C(C)C. The molecule has 0 radical (unpaired) electrons. The van der Waals surface area contributed by atoms with Crippen molar-refractivity contribution >= 4 is 29.2 Å². The van der Waals surface area contributed by atoms with Crippen LogP contribution in [0, 0.1) is 19.8 Å². The van der Waals surface area contributed by atoms with E-state index in [1.807, 2.05) is 25.1 Å². The molecule has 2 aromatic rings. The van der Waals surface area contributed by atoms with Crippen molar-refractivity contribution in [2.75, 3.05) is 23.4 Å². The molecule has 2 heterocycles. The van der Waals surface area contributed by atoms with Crippen molar-refractivity contribution in [3.63, 3.8) is 0 Å². The van der Waals surface area contributed by atoms with E-state index in [-0.39, 0.29) is 0 Å². The lowest BCUT2D eigenvalue weighted by Crippen LogP contribution is -2.51. The number of likely N-dealkylation sites (tertiary alicyclic amines) is 1. The number of aromatic amines is 1. The van der Waals surface area contributed by atoms with E-state index in [4.69, 9.17) is 28.3 Å². The Morgan fingerprint density at radius 2 is 2.03 bits per heavy atom. The predicted octanol–water partition coefficient (Wildman–Crippen LogP) is 4.05. The topological polar surface area (TPSA) is 112 Å². The molecule has 1 aliphatic heterocycles. The molecule has 0 unspecified atom stereocenters. The fourth-order valence-electron chi connectivity index (χ4n) is 3.83. The molecule has 1 aromatic carbocycles. The first-order valence-corrected chi connectivity index (χ1v) is 10.9. The number of benzene rings is 1. The second-order valence-electron chi connectivity index (χ2n) is 8.39. The Morgan fingerprint density at radius 3 is 2.65 bits per heavy atom. The number of guanidine groups is 1. The van der Waals surface area contributed by atoms with Crippen LogP contribution >= 0.6 is 11.6 Å². The van der Waals surface area contributed by atoms with Gasteiger partial charge in [0, 0.05) is 35.4 Å². The molecule has 0 spiro atoms. The van der Waals surface area contributed by atoms with Crippen LogP contribution in [-0.2, 0) is 0 Å². The maximum absolute atomic E-state index is 6.38. The van der Waals surface area contributed by atoms with Crippen molar-refractivity contribution in [2.24, 2.45) is 22.7 Å². The number of imidazole rings is 1. The van der Waals surface area contributed by atoms with Crippen molar-refractivity contribution in [2.45, 2.75) is 46.5 Å². The van der Waals surface area contributed by atoms with Crippen molar-refractivity contribution in [3.8, 4) is 0 Å². The van der Waals surface area contributed by atoms with Crippen molar-refractivity contribution in [3.05, 3.63) is 52.4 Å². The largest absolute Gasteiger partial charge is 0.340 e. The summed E-state index contributed by atoms with van der Waals surface area (Å²) in [6.07, 6.45) is 1.86. The van der Waals surface area contributed by atoms with Gasteiger partial charge in [0.05, 0.1) is 11.4 Å². The molecule has 1 fully saturated rings. The third-order valence-electron chi connectivity index (χ3n) is 5.82. The number of hydrogen-bond donors (Lipinski definition) is 4. The molecular formula is C22H33ClN8. The summed E-state index contributed by atoms with van der Waals surface area (Å²) in [5.41, 5.74) is 4.90. The second kappa shape index (κ2) is 9.62. The van der Waals surface area contributed by atoms with Gasteiger partial charge in [-0.15, -0.1) is 5.10 Å². The molecule has 168 valence electrons. The zero-order valence-corrected chi connectivity index (χ0v) is 19.5. The Morgan fingerprint density at radius 1 is 1.35 bits per heavy atom. The van der Waals surface area contributed by atoms with E-state index in [2.05, 4.69) is 47.7 Å². The van der Waals surface area contributed by atoms with Crippen LogP contribution in [0.15, 0.2) is 35.6 Å². The highest BCUT2D eigenvalue weighted by Crippen LogP contribution is 2.31. The summed E-state index contributed by atoms with van der Waals surface area (Å²) in [7, 11) is 0. The molecule has 6 N–H and O–H groups in total. The minimum Gasteiger partial charge on any atom is -0.340 e. The quantitative estimate of drug-likeness (QED) is 0.239. The van der Waals surface area contributed by atoms with E-state index in [9.17, 15) is 0 Å². The monoisotopic (exact) mass is 444 g/mol. The lowest BCUT2D eigenvalue weighted by Gasteiger charge is -2.36. The summed E-state index contributed by atoms with van der Waals surface area (Å²) in [4.78, 5) is 10.3. The number of hydrogen-bond acceptors (Lipinski definition) is 5. The van der Waals surface area contributed by atoms with Gasteiger partial charge in [0.1, 0.15) is 0 Å². The average molecular weight is 445 g/mol. The first-order valence-electron chi connectivity index (χ1n) is 10.6. The van der Waals surface area contributed by atoms with E-state index in [1.54, 1.807) is 0 Å². The van der Waals surface area contributed by atoms with Crippen LogP contribution in [0.3, 0.4) is 0 Å². The van der Waals surface area contributed by atoms with Crippen LogP contribution < -0.4 is 22.0 Å². The number of nitrogens with two attached hydrogens (primary N) is 2. The lowest BCUT2D eigenvalue weighted by atomic mass is 9.92. The summed E-state index contributed by atoms with van der Waals surface area (Å²) in [5, 5.41) is 9.40. The zero-order valence-electron chi connectivity index (χ0n) is 18.7. The third-order valence-corrected chi connectivity index (χ3v) is 6.06. The van der Waals surface area contributed by atoms with Crippen LogP contribution in [0.5, 0.6) is 0 Å². The van der Waals surface area contributed by atoms with E-state index >= 15 is 0 Å². The number of hydrazine groups is 1. The number of allylic oxidation sites excluding steroid dienone is 1. The van der Waals surface area contributed by atoms with Crippen molar-refractivity contribution < 1.29 is 0 Å². The lowest BCUT2D eigenvalue weighted by molar-refractivity contribution is 0.305. The van der Waals surface area contributed by atoms with Crippen LogP contribution in [0.25, 0.3) is 0 Å². The van der Waals surface area contributed by atoms with Gasteiger partial charge >= 0.3 is 0 Å². The zero-order chi connectivity index (χ0) is 22.7. The Kier molecular flexibility index (Phi) is 7.12. The fourth-order valence-corrected chi connectivity index (χ4v) is 3.99. The number of halogens is 1. The molecule has 0 aliphatic carbocycles. The van der Waals surface area contributed by atoms with Crippen LogP contribution in [0.2, 0.25) is 5.02 Å². The van der Waals surface area contributed by atoms with Crippen LogP contribution in [-0.4, -0.2) is 33.9 Å². The number of nitrogens with one attached hydrogen (secondary N) is 2. The highest BCUT2D eigenvalue weighted by atomic mass is 35.5. The standard InChI is InChI=1S/C22H33ClN8/c1-13(2)15(4)26-21-27-16(5)20(28-21)17-8-10-30(11-9-17)22(29-24)31(25)19-12-18(23)7-6-14(19)3/h6-7,12-13,17H,4,8-11,24-25H2,1-3,5H3,(H2,26,27,28)/b29-22-. The van der Waals surface area contributed by atoms with Crippen molar-refractivity contribution in [1.82, 2.24) is 14.9 Å². The molecule has 0 bridgehead atoms. The average Bonchev–Trinajstić information content (AvgIpc) is 3.10. The van der Waals surface area contributed by atoms with Crippen LogP contribution in [0.1, 0.15) is 49.6 Å². The van der Waals surface area contributed by atoms with Crippen molar-refractivity contribution in [1.29, 1.82) is 0 Å². The Bertz CT molecular complexity index is 956. The molecular weight excluding hydrogens is 412 g/mol. The number of anilines is 2. The van der Waals surface area contributed by atoms with Gasteiger partial charge in [-0.1, -0.05) is 38.1 Å². The van der Waals surface area contributed by atoms with Gasteiger partial charge in [-0.2, -0.15) is 0 Å². The maximum atomic E-state index is 6.38. The van der Waals surface area contributed by atoms with E-state index < -0.39 is 0 Å². The Balaban J connectivity index is 1.68. The molecule has 1 saturated heterocycles. The van der Waals surface area contributed by atoms with Crippen LogP contribution in [0.4, 0.5) is 11.6 Å². The summed E-state index contributed by atoms with van der Waals surface area (Å²) < 4.78 is 0. The number of rotatable bonds is 5. The minimum atomic E-state index is 0.341. The normalized spacial score (nSPS) is 15.5. The number of piperidine rings is 1. The first-order chi connectivity index (χ1) is 14.7. The van der Waals surface area contributed by atoms with Gasteiger partial charge in [-0.05, 0) is 50.3 Å². The molecule has 1 aromatic heterocycles. The van der Waals surface area contributed by atoms with E-state index in [0.717, 1.165) is 60.2 Å². The second-order valence-corrected chi connectivity index (χ2v) is 8.83. The first kappa shape index (κ1) is 23.0. The van der Waals surface area contributed by atoms with Gasteiger partial charge in [0.25, 0.3) is 0 Å². The minimum absolute atomic E-state index is 0.341. The molecule has 0 saturated carbocycles. The van der Waals surface area contributed by atoms with Gasteiger partial charge in [-0.25, -0.2) is 15.8 Å². The maximum Gasteiger partial charge on any atom is 0.237 e. The summed E-state index contributed by atoms with van der Waals surface area (Å²) >= 11 is 6.16. The van der Waals surface area contributed by atoms with Gasteiger partial charge < -0.3 is 21.0 Å². The number of nitrogens with zero attached hydrogens (tertiary/aromatic N) is 4. The summed E-state index contributed by atoms with van der Waals surface area (Å²) in [6, 6.07) is 5.59. The molecule has 0 atom stereocenters. The molecule has 3 rings (SSSR count). The predicted molar refractivity (Wildman–Crippen MR) is 129 cm³/mol. The number of aromatic nitrogens is 2. The number of aryl methyl sites for hydroxylation is 2. The fraction of sp³-hybridized carbons (Fsp3) is 0.455.